The molecular weight excluding hydrogens is 330 g/mol. The van der Waals surface area contributed by atoms with Gasteiger partial charge in [-0.3, -0.25) is 0 Å². The van der Waals surface area contributed by atoms with Gasteiger partial charge in [0.1, 0.15) is 5.82 Å². The highest BCUT2D eigenvalue weighted by molar-refractivity contribution is 5.96. The first kappa shape index (κ1) is 18.1. The molecule has 0 saturated carbocycles. The number of anilines is 3. The molecule has 1 N–H and O–H groups in total. The van der Waals surface area contributed by atoms with E-state index in [1.165, 1.54) is 7.11 Å². The predicted molar refractivity (Wildman–Crippen MR) is 102 cm³/mol. The topological polar surface area (TPSA) is 70.6 Å². The number of carbonyl (C=O) groups is 1. The fourth-order valence-corrected chi connectivity index (χ4v) is 3.06. The highest BCUT2D eigenvalue weighted by atomic mass is 16.5. The van der Waals surface area contributed by atoms with Gasteiger partial charge in [0.15, 0.2) is 0 Å². The average Bonchev–Trinajstić information content (AvgIpc) is 2.67. The number of carbonyl (C=O) groups excluding carboxylic acids is 1. The van der Waals surface area contributed by atoms with Crippen LogP contribution in [0.15, 0.2) is 30.3 Å². The molecule has 3 rings (SSSR count). The molecule has 0 atom stereocenters. The smallest absolute Gasteiger partial charge is 0.339 e. The third-order valence-electron chi connectivity index (χ3n) is 4.56. The van der Waals surface area contributed by atoms with Gasteiger partial charge >= 0.3 is 5.97 Å². The van der Waals surface area contributed by atoms with Crippen molar-refractivity contribution in [1.29, 1.82) is 0 Å². The number of likely N-dealkylation sites (N-methyl/N-ethyl adjacent to an activating group) is 1. The number of nitrogens with zero attached hydrogens (tertiary/aromatic N) is 4. The van der Waals surface area contributed by atoms with Crippen LogP contribution in [0, 0.1) is 6.92 Å². The van der Waals surface area contributed by atoms with E-state index in [1.54, 1.807) is 12.1 Å². The largest absolute Gasteiger partial charge is 0.465 e. The van der Waals surface area contributed by atoms with Crippen molar-refractivity contribution in [1.82, 2.24) is 14.9 Å². The molecule has 7 heteroatoms. The van der Waals surface area contributed by atoms with Gasteiger partial charge in [-0.05, 0) is 25.6 Å². The van der Waals surface area contributed by atoms with Crippen LogP contribution in [-0.2, 0) is 4.74 Å². The van der Waals surface area contributed by atoms with E-state index in [1.807, 2.05) is 25.1 Å². The molecule has 7 nitrogen and oxygen atoms in total. The van der Waals surface area contributed by atoms with E-state index < -0.39 is 5.97 Å². The van der Waals surface area contributed by atoms with Crippen LogP contribution in [0.2, 0.25) is 0 Å². The van der Waals surface area contributed by atoms with Crippen LogP contribution < -0.4 is 10.2 Å². The molecular formula is C19H25N5O2. The zero-order chi connectivity index (χ0) is 18.5. The normalized spacial score (nSPS) is 15.0. The Kier molecular flexibility index (Phi) is 5.68. The summed E-state index contributed by atoms with van der Waals surface area (Å²) in [6.45, 7) is 9.18. The summed E-state index contributed by atoms with van der Waals surface area (Å²) in [5, 5.41) is 3.17. The SMILES string of the molecule is CCN1CCN(c2cc(C)nc(Nc3ccccc3C(=O)OC)n2)CC1. The van der Waals surface area contributed by atoms with E-state index in [4.69, 9.17) is 4.74 Å². The van der Waals surface area contributed by atoms with E-state index in [9.17, 15) is 4.79 Å². The molecule has 2 heterocycles. The first-order valence-electron chi connectivity index (χ1n) is 8.88. The second-order valence-electron chi connectivity index (χ2n) is 6.27. The molecule has 0 radical (unpaired) electrons. The van der Waals surface area contributed by atoms with Crippen LogP contribution in [0.3, 0.4) is 0 Å². The van der Waals surface area contributed by atoms with Gasteiger partial charge in [0.05, 0.1) is 18.4 Å². The molecule has 2 aromatic rings. The van der Waals surface area contributed by atoms with Crippen molar-refractivity contribution in [3.8, 4) is 0 Å². The van der Waals surface area contributed by atoms with Gasteiger partial charge in [0, 0.05) is 37.9 Å². The zero-order valence-electron chi connectivity index (χ0n) is 15.5. The Morgan fingerprint density at radius 3 is 2.62 bits per heavy atom. The van der Waals surface area contributed by atoms with E-state index >= 15 is 0 Å². The first-order valence-corrected chi connectivity index (χ1v) is 8.88. The number of piperazine rings is 1. The number of esters is 1. The van der Waals surface area contributed by atoms with Gasteiger partial charge in [-0.2, -0.15) is 4.98 Å². The van der Waals surface area contributed by atoms with Crippen molar-refractivity contribution >= 4 is 23.4 Å². The summed E-state index contributed by atoms with van der Waals surface area (Å²) in [6, 6.07) is 9.19. The number of aromatic nitrogens is 2. The van der Waals surface area contributed by atoms with Crippen molar-refractivity contribution in [2.45, 2.75) is 13.8 Å². The van der Waals surface area contributed by atoms with Crippen molar-refractivity contribution in [2.24, 2.45) is 0 Å². The number of ether oxygens (including phenoxy) is 1. The Morgan fingerprint density at radius 2 is 1.92 bits per heavy atom. The van der Waals surface area contributed by atoms with Crippen LogP contribution in [0.5, 0.6) is 0 Å². The molecule has 138 valence electrons. The summed E-state index contributed by atoms with van der Waals surface area (Å²) in [5.74, 6) is 0.997. The van der Waals surface area contributed by atoms with E-state index in [0.717, 1.165) is 44.2 Å². The third kappa shape index (κ3) is 4.11. The minimum absolute atomic E-state index is 0.392. The van der Waals surface area contributed by atoms with Crippen LogP contribution in [-0.4, -0.2) is 60.7 Å². The van der Waals surface area contributed by atoms with Gasteiger partial charge in [0.25, 0.3) is 0 Å². The highest BCUT2D eigenvalue weighted by Gasteiger charge is 2.18. The molecule has 1 aromatic heterocycles. The quantitative estimate of drug-likeness (QED) is 0.826. The molecule has 0 bridgehead atoms. The number of aryl methyl sites for hydroxylation is 1. The lowest BCUT2D eigenvalue weighted by atomic mass is 10.2. The predicted octanol–water partition coefficient (Wildman–Crippen LogP) is 2.46. The summed E-state index contributed by atoms with van der Waals surface area (Å²) in [4.78, 5) is 25.8. The summed E-state index contributed by atoms with van der Waals surface area (Å²) in [7, 11) is 1.37. The Labute approximate surface area is 154 Å². The van der Waals surface area contributed by atoms with Crippen LogP contribution >= 0.6 is 0 Å². The number of methoxy groups -OCH3 is 1. The maximum Gasteiger partial charge on any atom is 0.339 e. The van der Waals surface area contributed by atoms with Crippen LogP contribution in [0.4, 0.5) is 17.5 Å². The molecule has 0 unspecified atom stereocenters. The lowest BCUT2D eigenvalue weighted by molar-refractivity contribution is 0.0602. The number of benzene rings is 1. The molecule has 0 spiro atoms. The van der Waals surface area contributed by atoms with Crippen LogP contribution in [0.25, 0.3) is 0 Å². The summed E-state index contributed by atoms with van der Waals surface area (Å²) in [6.07, 6.45) is 0. The maximum atomic E-state index is 11.9. The Bertz CT molecular complexity index is 772. The van der Waals surface area contributed by atoms with Crippen molar-refractivity contribution in [3.05, 3.63) is 41.6 Å². The number of rotatable bonds is 5. The molecule has 0 amide bonds. The Balaban J connectivity index is 1.82. The van der Waals surface area contributed by atoms with Gasteiger partial charge in [0.2, 0.25) is 5.95 Å². The van der Waals surface area contributed by atoms with Crippen molar-refractivity contribution < 1.29 is 9.53 Å². The molecule has 1 aliphatic heterocycles. The van der Waals surface area contributed by atoms with Gasteiger partial charge in [-0.1, -0.05) is 19.1 Å². The minimum Gasteiger partial charge on any atom is -0.465 e. The maximum absolute atomic E-state index is 11.9. The van der Waals surface area contributed by atoms with Crippen molar-refractivity contribution in [3.63, 3.8) is 0 Å². The molecule has 1 saturated heterocycles. The van der Waals surface area contributed by atoms with Crippen molar-refractivity contribution in [2.75, 3.05) is 50.1 Å². The molecule has 1 aliphatic rings. The number of hydrogen-bond donors (Lipinski definition) is 1. The number of nitrogens with one attached hydrogen (secondary N) is 1. The van der Waals surface area contributed by atoms with Gasteiger partial charge in [-0.15, -0.1) is 0 Å². The molecule has 1 aromatic carbocycles. The second-order valence-corrected chi connectivity index (χ2v) is 6.27. The lowest BCUT2D eigenvalue weighted by Gasteiger charge is -2.34. The van der Waals surface area contributed by atoms with E-state index in [-0.39, 0.29) is 0 Å². The number of para-hydroxylation sites is 1. The van der Waals surface area contributed by atoms with Crippen LogP contribution in [0.1, 0.15) is 23.0 Å². The highest BCUT2D eigenvalue weighted by Crippen LogP contribution is 2.22. The fraction of sp³-hybridized carbons (Fsp3) is 0.421. The first-order chi connectivity index (χ1) is 12.6. The standard InChI is InChI=1S/C19H25N5O2/c1-4-23-9-11-24(12-10-23)17-13-14(2)20-19(22-17)21-16-8-6-5-7-15(16)18(25)26-3/h5-8,13H,4,9-12H2,1-3H3,(H,20,21,22). The summed E-state index contributed by atoms with van der Waals surface area (Å²) in [5.41, 5.74) is 1.97. The fourth-order valence-electron chi connectivity index (χ4n) is 3.06. The van der Waals surface area contributed by atoms with Gasteiger partial charge in [-0.25, -0.2) is 9.78 Å². The average molecular weight is 355 g/mol. The van der Waals surface area contributed by atoms with E-state index in [2.05, 4.69) is 32.0 Å². The van der Waals surface area contributed by atoms with Gasteiger partial charge < -0.3 is 19.9 Å². The van der Waals surface area contributed by atoms with E-state index in [0.29, 0.717) is 17.2 Å². The lowest BCUT2D eigenvalue weighted by Crippen LogP contribution is -2.46. The summed E-state index contributed by atoms with van der Waals surface area (Å²) >= 11 is 0. The number of hydrogen-bond acceptors (Lipinski definition) is 7. The monoisotopic (exact) mass is 355 g/mol. The Morgan fingerprint density at radius 1 is 1.19 bits per heavy atom. The molecule has 26 heavy (non-hydrogen) atoms. The Hall–Kier alpha value is -2.67. The third-order valence-corrected chi connectivity index (χ3v) is 4.56. The zero-order valence-corrected chi connectivity index (χ0v) is 15.5. The summed E-state index contributed by atoms with van der Waals surface area (Å²) < 4.78 is 4.85. The molecule has 1 fully saturated rings. The second kappa shape index (κ2) is 8.14. The minimum atomic E-state index is -0.392. The molecule has 0 aliphatic carbocycles.